The lowest BCUT2D eigenvalue weighted by Crippen LogP contribution is -2.41. The summed E-state index contributed by atoms with van der Waals surface area (Å²) in [4.78, 5) is 23.9. The number of carbonyl (C=O) groups excluding carboxylic acids is 2. The molecule has 0 aromatic heterocycles. The summed E-state index contributed by atoms with van der Waals surface area (Å²) in [7, 11) is 0. The molecule has 0 atom stereocenters. The van der Waals surface area contributed by atoms with Crippen LogP contribution in [0.25, 0.3) is 0 Å². The van der Waals surface area contributed by atoms with Crippen molar-refractivity contribution in [3.63, 3.8) is 0 Å². The first-order valence-electron chi connectivity index (χ1n) is 5.25. The average Bonchev–Trinajstić information content (AvgIpc) is 2.10. The number of hydrogen-bond acceptors (Lipinski definition) is 3. The van der Waals surface area contributed by atoms with E-state index in [1.165, 1.54) is 0 Å². The lowest BCUT2D eigenvalue weighted by Gasteiger charge is -2.19. The fourth-order valence-electron chi connectivity index (χ4n) is 1.19. The highest BCUT2D eigenvalue weighted by molar-refractivity contribution is 5.78. The number of nitrogens with one attached hydrogen (secondary N) is 1. The highest BCUT2D eigenvalue weighted by Gasteiger charge is 2.10. The maximum Gasteiger partial charge on any atom is 0.234 e. The van der Waals surface area contributed by atoms with Gasteiger partial charge in [-0.05, 0) is 20.4 Å². The van der Waals surface area contributed by atoms with Crippen LogP contribution in [0.5, 0.6) is 0 Å². The maximum absolute atomic E-state index is 11.4. The second kappa shape index (κ2) is 7.23. The smallest absolute Gasteiger partial charge is 0.234 e. The Labute approximate surface area is 91.0 Å². The third kappa shape index (κ3) is 7.93. The van der Waals surface area contributed by atoms with E-state index in [1.54, 1.807) is 0 Å². The summed E-state index contributed by atoms with van der Waals surface area (Å²) in [5, 5.41) is 2.80. The Balaban J connectivity index is 3.87. The van der Waals surface area contributed by atoms with Gasteiger partial charge in [0.2, 0.25) is 11.8 Å². The third-order valence-corrected chi connectivity index (χ3v) is 1.94. The maximum atomic E-state index is 11.4. The molecule has 5 nitrogen and oxygen atoms in total. The van der Waals surface area contributed by atoms with E-state index in [9.17, 15) is 9.59 Å². The first-order chi connectivity index (χ1) is 6.95. The van der Waals surface area contributed by atoms with Crippen LogP contribution >= 0.6 is 0 Å². The largest absolute Gasteiger partial charge is 0.370 e. The topological polar surface area (TPSA) is 75.4 Å². The van der Waals surface area contributed by atoms with E-state index in [0.717, 1.165) is 6.54 Å². The van der Waals surface area contributed by atoms with Gasteiger partial charge in [-0.3, -0.25) is 14.5 Å². The molecule has 15 heavy (non-hydrogen) atoms. The molecule has 0 aromatic carbocycles. The first kappa shape index (κ1) is 13.9. The van der Waals surface area contributed by atoms with Crippen LogP contribution in [-0.4, -0.2) is 42.4 Å². The van der Waals surface area contributed by atoms with Crippen LogP contribution in [-0.2, 0) is 9.59 Å². The number of nitrogens with two attached hydrogens (primary N) is 1. The quantitative estimate of drug-likeness (QED) is 0.612. The van der Waals surface area contributed by atoms with Crippen molar-refractivity contribution in [2.45, 2.75) is 33.2 Å². The van der Waals surface area contributed by atoms with Crippen molar-refractivity contribution in [3.8, 4) is 0 Å². The Morgan fingerprint density at radius 3 is 2.40 bits per heavy atom. The Morgan fingerprint density at radius 2 is 2.00 bits per heavy atom. The minimum Gasteiger partial charge on any atom is -0.370 e. The third-order valence-electron chi connectivity index (χ3n) is 1.94. The summed E-state index contributed by atoms with van der Waals surface area (Å²) in [6.45, 7) is 7.37. The van der Waals surface area contributed by atoms with Gasteiger partial charge in [0.25, 0.3) is 0 Å². The SMILES string of the molecule is CCN(CCC(N)=O)CC(=O)NC(C)C. The van der Waals surface area contributed by atoms with Crippen LogP contribution in [0.15, 0.2) is 0 Å². The second-order valence-electron chi connectivity index (χ2n) is 3.81. The molecule has 0 heterocycles. The molecule has 0 rings (SSSR count). The molecular weight excluding hydrogens is 194 g/mol. The van der Waals surface area contributed by atoms with E-state index < -0.39 is 0 Å². The van der Waals surface area contributed by atoms with Gasteiger partial charge in [-0.15, -0.1) is 0 Å². The number of primary amides is 1. The molecule has 0 saturated heterocycles. The molecule has 0 aliphatic heterocycles. The van der Waals surface area contributed by atoms with Gasteiger partial charge >= 0.3 is 0 Å². The lowest BCUT2D eigenvalue weighted by atomic mass is 10.3. The molecule has 0 fully saturated rings. The van der Waals surface area contributed by atoms with Gasteiger partial charge in [0.1, 0.15) is 0 Å². The molecule has 0 aromatic rings. The van der Waals surface area contributed by atoms with Gasteiger partial charge in [0.05, 0.1) is 6.54 Å². The minimum absolute atomic E-state index is 0.0173. The van der Waals surface area contributed by atoms with Crippen LogP contribution in [0.1, 0.15) is 27.2 Å². The van der Waals surface area contributed by atoms with Crippen LogP contribution in [0.2, 0.25) is 0 Å². The van der Waals surface area contributed by atoms with Crippen LogP contribution < -0.4 is 11.1 Å². The van der Waals surface area contributed by atoms with E-state index >= 15 is 0 Å². The number of rotatable bonds is 7. The van der Waals surface area contributed by atoms with Crippen molar-refractivity contribution in [2.24, 2.45) is 5.73 Å². The lowest BCUT2D eigenvalue weighted by molar-refractivity contribution is -0.123. The molecule has 0 radical (unpaired) electrons. The fourth-order valence-corrected chi connectivity index (χ4v) is 1.19. The van der Waals surface area contributed by atoms with Crippen molar-refractivity contribution in [1.82, 2.24) is 10.2 Å². The highest BCUT2D eigenvalue weighted by Crippen LogP contribution is 1.91. The standard InChI is InChI=1S/C10H21N3O2/c1-4-13(6-5-9(11)14)7-10(15)12-8(2)3/h8H,4-7H2,1-3H3,(H2,11,14)(H,12,15). The molecule has 0 bridgehead atoms. The predicted molar refractivity (Wildman–Crippen MR) is 59.2 cm³/mol. The molecule has 88 valence electrons. The van der Waals surface area contributed by atoms with Gasteiger partial charge in [-0.1, -0.05) is 6.92 Å². The molecule has 0 aliphatic carbocycles. The van der Waals surface area contributed by atoms with E-state index in [1.807, 2.05) is 25.7 Å². The van der Waals surface area contributed by atoms with Crippen molar-refractivity contribution in [3.05, 3.63) is 0 Å². The van der Waals surface area contributed by atoms with E-state index in [4.69, 9.17) is 5.73 Å². The average molecular weight is 215 g/mol. The minimum atomic E-state index is -0.335. The van der Waals surface area contributed by atoms with E-state index in [-0.39, 0.29) is 17.9 Å². The molecule has 0 saturated carbocycles. The van der Waals surface area contributed by atoms with Crippen molar-refractivity contribution < 1.29 is 9.59 Å². The number of hydrogen-bond donors (Lipinski definition) is 2. The van der Waals surface area contributed by atoms with Crippen molar-refractivity contribution in [2.75, 3.05) is 19.6 Å². The summed E-state index contributed by atoms with van der Waals surface area (Å²) >= 11 is 0. The molecule has 2 amide bonds. The number of nitrogens with zero attached hydrogens (tertiary/aromatic N) is 1. The highest BCUT2D eigenvalue weighted by atomic mass is 16.2. The van der Waals surface area contributed by atoms with Gasteiger partial charge in [0, 0.05) is 19.0 Å². The molecule has 0 spiro atoms. The molecule has 0 unspecified atom stereocenters. The monoisotopic (exact) mass is 215 g/mol. The molecule has 5 heteroatoms. The van der Waals surface area contributed by atoms with Gasteiger partial charge in [0.15, 0.2) is 0 Å². The van der Waals surface area contributed by atoms with Crippen LogP contribution in [0.4, 0.5) is 0 Å². The van der Waals surface area contributed by atoms with E-state index in [2.05, 4.69) is 5.32 Å². The summed E-state index contributed by atoms with van der Waals surface area (Å²) in [6, 6.07) is 0.146. The van der Waals surface area contributed by atoms with Crippen LogP contribution in [0.3, 0.4) is 0 Å². The Bertz CT molecular complexity index is 217. The van der Waals surface area contributed by atoms with Crippen molar-refractivity contribution in [1.29, 1.82) is 0 Å². The molecule has 0 aliphatic rings. The Morgan fingerprint density at radius 1 is 1.40 bits per heavy atom. The fraction of sp³-hybridized carbons (Fsp3) is 0.800. The van der Waals surface area contributed by atoms with Crippen LogP contribution in [0, 0.1) is 0 Å². The predicted octanol–water partition coefficient (Wildman–Crippen LogP) is -0.292. The zero-order valence-electron chi connectivity index (χ0n) is 9.75. The number of likely N-dealkylation sites (N-methyl/N-ethyl adjacent to an activating group) is 1. The van der Waals surface area contributed by atoms with Gasteiger partial charge in [-0.25, -0.2) is 0 Å². The Kier molecular flexibility index (Phi) is 6.70. The normalized spacial score (nSPS) is 10.7. The summed E-state index contributed by atoms with van der Waals surface area (Å²) in [5.41, 5.74) is 5.04. The molecular formula is C10H21N3O2. The number of amides is 2. The van der Waals surface area contributed by atoms with E-state index in [0.29, 0.717) is 19.5 Å². The van der Waals surface area contributed by atoms with Gasteiger partial charge in [-0.2, -0.15) is 0 Å². The molecule has 3 N–H and O–H groups in total. The Hall–Kier alpha value is -1.10. The summed E-state index contributed by atoms with van der Waals surface area (Å²) in [5.74, 6) is -0.353. The second-order valence-corrected chi connectivity index (χ2v) is 3.81. The zero-order chi connectivity index (χ0) is 11.8. The van der Waals surface area contributed by atoms with Crippen molar-refractivity contribution >= 4 is 11.8 Å². The first-order valence-corrected chi connectivity index (χ1v) is 5.25. The summed E-state index contributed by atoms with van der Waals surface area (Å²) < 4.78 is 0. The zero-order valence-corrected chi connectivity index (χ0v) is 9.75. The number of carbonyl (C=O) groups is 2. The summed E-state index contributed by atoms with van der Waals surface area (Å²) in [6.07, 6.45) is 0.294. The van der Waals surface area contributed by atoms with Gasteiger partial charge < -0.3 is 11.1 Å².